The van der Waals surface area contributed by atoms with Crippen LogP contribution in [0, 0.1) is 0 Å². The van der Waals surface area contributed by atoms with Crippen molar-refractivity contribution in [2.24, 2.45) is 0 Å². The first kappa shape index (κ1) is 27.1. The molecule has 2 aromatic carbocycles. The topological polar surface area (TPSA) is 77.4 Å². The molecule has 33 heavy (non-hydrogen) atoms. The number of ether oxygens (including phenoxy) is 4. The average molecular weight is 461 g/mol. The third-order valence-electron chi connectivity index (χ3n) is 5.19. The van der Waals surface area contributed by atoms with Crippen LogP contribution in [0.1, 0.15) is 58.1 Å². The second kappa shape index (κ2) is 14.2. The minimum atomic E-state index is -0.475. The summed E-state index contributed by atoms with van der Waals surface area (Å²) in [4.78, 5) is 0. The minimum Gasteiger partial charge on any atom is -0.491 e. The maximum Gasteiger partial charge on any atom is 0.119 e. The Hall–Kier alpha value is -2.12. The largest absolute Gasteiger partial charge is 0.491 e. The molecule has 0 aromatic heterocycles. The molecule has 0 spiro atoms. The van der Waals surface area contributed by atoms with Crippen LogP contribution < -0.4 is 9.47 Å². The van der Waals surface area contributed by atoms with Crippen molar-refractivity contribution in [1.29, 1.82) is 0 Å². The second-order valence-electron chi connectivity index (χ2n) is 8.71. The molecule has 4 atom stereocenters. The van der Waals surface area contributed by atoms with E-state index in [1.54, 1.807) is 13.8 Å². The highest BCUT2D eigenvalue weighted by Gasteiger charge is 2.13. The van der Waals surface area contributed by atoms with Crippen molar-refractivity contribution >= 4 is 0 Å². The molecule has 0 aliphatic rings. The first-order valence-corrected chi connectivity index (χ1v) is 11.8. The molecule has 184 valence electrons. The van der Waals surface area contributed by atoms with Gasteiger partial charge in [0.1, 0.15) is 24.7 Å². The fourth-order valence-electron chi connectivity index (χ4n) is 3.39. The van der Waals surface area contributed by atoms with Gasteiger partial charge in [0, 0.05) is 5.92 Å². The fraction of sp³-hybridized carbons (Fsp3) is 0.556. The van der Waals surface area contributed by atoms with Crippen LogP contribution in [-0.4, -0.2) is 61.1 Å². The third kappa shape index (κ3) is 10.1. The first-order valence-electron chi connectivity index (χ1n) is 11.8. The van der Waals surface area contributed by atoms with Gasteiger partial charge in [-0.3, -0.25) is 0 Å². The molecule has 0 fully saturated rings. The summed E-state index contributed by atoms with van der Waals surface area (Å²) in [6, 6.07) is 16.4. The van der Waals surface area contributed by atoms with Gasteiger partial charge >= 0.3 is 0 Å². The van der Waals surface area contributed by atoms with Gasteiger partial charge in [-0.15, -0.1) is 0 Å². The summed E-state index contributed by atoms with van der Waals surface area (Å²) in [5, 5.41) is 18.6. The van der Waals surface area contributed by atoms with Gasteiger partial charge in [0.05, 0.1) is 37.6 Å². The average Bonchev–Trinajstić information content (AvgIpc) is 2.80. The predicted molar refractivity (Wildman–Crippen MR) is 130 cm³/mol. The van der Waals surface area contributed by atoms with Crippen molar-refractivity contribution in [2.75, 3.05) is 26.4 Å². The molecule has 4 unspecified atom stereocenters. The molecule has 0 saturated carbocycles. The van der Waals surface area contributed by atoms with Crippen molar-refractivity contribution in [1.82, 2.24) is 0 Å². The van der Waals surface area contributed by atoms with E-state index in [0.717, 1.165) is 17.9 Å². The quantitative estimate of drug-likeness (QED) is 0.406. The first-order chi connectivity index (χ1) is 15.8. The molecule has 6 heteroatoms. The smallest absolute Gasteiger partial charge is 0.119 e. The lowest BCUT2D eigenvalue weighted by molar-refractivity contribution is -0.0132. The third-order valence-corrected chi connectivity index (χ3v) is 5.19. The molecule has 0 saturated heterocycles. The molecule has 6 nitrogen and oxygen atoms in total. The van der Waals surface area contributed by atoms with Crippen LogP contribution in [0.4, 0.5) is 0 Å². The number of hydrogen-bond acceptors (Lipinski definition) is 6. The van der Waals surface area contributed by atoms with Gasteiger partial charge in [-0.2, -0.15) is 0 Å². The van der Waals surface area contributed by atoms with Crippen LogP contribution in [0.2, 0.25) is 0 Å². The standard InChI is InChI=1S/C27H40O6/c1-6-27(23-7-11-25(12-8-23)32-17-21(4)30-15-19(2)28)24-9-13-26(14-10-24)33-18-22(5)31-16-20(3)29/h7-14,19-22,27-29H,6,15-18H2,1-5H3. The van der Waals surface area contributed by atoms with E-state index in [2.05, 4.69) is 31.2 Å². The molecule has 0 aliphatic heterocycles. The number of benzene rings is 2. The van der Waals surface area contributed by atoms with Crippen molar-refractivity contribution < 1.29 is 29.2 Å². The molecule has 2 rings (SSSR count). The Morgan fingerprint density at radius 3 is 1.27 bits per heavy atom. The van der Waals surface area contributed by atoms with Crippen LogP contribution in [0.3, 0.4) is 0 Å². The van der Waals surface area contributed by atoms with Gasteiger partial charge < -0.3 is 29.2 Å². The van der Waals surface area contributed by atoms with Gasteiger partial charge in [0.25, 0.3) is 0 Å². The summed E-state index contributed by atoms with van der Waals surface area (Å²) in [5.74, 6) is 1.89. The Morgan fingerprint density at radius 2 is 0.970 bits per heavy atom. The van der Waals surface area contributed by atoms with Crippen molar-refractivity contribution in [3.05, 3.63) is 59.7 Å². The molecular formula is C27H40O6. The Bertz CT molecular complexity index is 707. The maximum atomic E-state index is 9.30. The van der Waals surface area contributed by atoms with E-state index < -0.39 is 12.2 Å². The summed E-state index contributed by atoms with van der Waals surface area (Å²) < 4.78 is 22.7. The Balaban J connectivity index is 1.88. The van der Waals surface area contributed by atoms with Crippen LogP contribution in [0.25, 0.3) is 0 Å². The van der Waals surface area contributed by atoms with Crippen LogP contribution in [0.5, 0.6) is 11.5 Å². The number of rotatable bonds is 15. The summed E-state index contributed by atoms with van der Waals surface area (Å²) in [6.45, 7) is 10.9. The van der Waals surface area contributed by atoms with Crippen molar-refractivity contribution in [2.45, 2.75) is 71.4 Å². The molecular weight excluding hydrogens is 420 g/mol. The van der Waals surface area contributed by atoms with Gasteiger partial charge in [-0.25, -0.2) is 0 Å². The molecule has 0 amide bonds. The van der Waals surface area contributed by atoms with E-state index >= 15 is 0 Å². The van der Waals surface area contributed by atoms with Gasteiger partial charge in [0.15, 0.2) is 0 Å². The summed E-state index contributed by atoms with van der Waals surface area (Å²) in [5.41, 5.74) is 2.47. The molecule has 2 aromatic rings. The molecule has 0 aliphatic carbocycles. The fourth-order valence-corrected chi connectivity index (χ4v) is 3.39. The molecule has 0 radical (unpaired) electrons. The SMILES string of the molecule is CCC(c1ccc(OCC(C)OCC(C)O)cc1)c1ccc(OCC(C)OCC(C)O)cc1. The molecule has 2 N–H and O–H groups in total. The molecule has 0 bridgehead atoms. The Morgan fingerprint density at radius 1 is 0.606 bits per heavy atom. The van der Waals surface area contributed by atoms with Crippen LogP contribution >= 0.6 is 0 Å². The zero-order valence-electron chi connectivity index (χ0n) is 20.6. The maximum absolute atomic E-state index is 9.30. The Labute approximate surface area is 198 Å². The van der Waals surface area contributed by atoms with Crippen molar-refractivity contribution in [3.8, 4) is 11.5 Å². The number of aliphatic hydroxyl groups is 2. The highest BCUT2D eigenvalue weighted by Crippen LogP contribution is 2.30. The van der Waals surface area contributed by atoms with Gasteiger partial charge in [0.2, 0.25) is 0 Å². The van der Waals surface area contributed by atoms with E-state index in [4.69, 9.17) is 18.9 Å². The predicted octanol–water partition coefficient (Wildman–Crippen LogP) is 4.56. The second-order valence-corrected chi connectivity index (χ2v) is 8.71. The van der Waals surface area contributed by atoms with E-state index in [1.165, 1.54) is 11.1 Å². The lowest BCUT2D eigenvalue weighted by Crippen LogP contribution is -2.22. The zero-order valence-corrected chi connectivity index (χ0v) is 20.6. The highest BCUT2D eigenvalue weighted by molar-refractivity contribution is 5.38. The molecule has 0 heterocycles. The summed E-state index contributed by atoms with van der Waals surface area (Å²) in [6.07, 6.45) is -0.143. The van der Waals surface area contributed by atoms with E-state index in [-0.39, 0.29) is 18.1 Å². The number of aliphatic hydroxyl groups excluding tert-OH is 2. The van der Waals surface area contributed by atoms with Crippen molar-refractivity contribution in [3.63, 3.8) is 0 Å². The summed E-state index contributed by atoms with van der Waals surface area (Å²) >= 11 is 0. The van der Waals surface area contributed by atoms with Crippen LogP contribution in [0.15, 0.2) is 48.5 Å². The van der Waals surface area contributed by atoms with E-state index in [0.29, 0.717) is 26.4 Å². The monoisotopic (exact) mass is 460 g/mol. The highest BCUT2D eigenvalue weighted by atomic mass is 16.5. The zero-order chi connectivity index (χ0) is 24.2. The normalized spacial score (nSPS) is 16.0. The number of hydrogen-bond donors (Lipinski definition) is 2. The summed E-state index contributed by atoms with van der Waals surface area (Å²) in [7, 11) is 0. The van der Waals surface area contributed by atoms with Gasteiger partial charge in [-0.1, -0.05) is 31.2 Å². The van der Waals surface area contributed by atoms with Crippen LogP contribution in [-0.2, 0) is 9.47 Å². The Kier molecular flexibility index (Phi) is 11.7. The minimum absolute atomic E-state index is 0.0869. The van der Waals surface area contributed by atoms with E-state index in [1.807, 2.05) is 38.1 Å². The van der Waals surface area contributed by atoms with E-state index in [9.17, 15) is 10.2 Å². The van der Waals surface area contributed by atoms with Gasteiger partial charge in [-0.05, 0) is 69.5 Å². The lowest BCUT2D eigenvalue weighted by Gasteiger charge is -2.19. The lowest BCUT2D eigenvalue weighted by atomic mass is 9.89.